The number of benzene rings is 2. The fraction of sp³-hybridized carbons (Fsp3) is 0.364. The number of fused-ring (bicyclic) bond motifs is 1. The van der Waals surface area contributed by atoms with E-state index in [1.807, 2.05) is 66.7 Å². The summed E-state index contributed by atoms with van der Waals surface area (Å²) in [5.41, 5.74) is 1.20. The minimum absolute atomic E-state index is 0.302. The minimum atomic E-state index is -0.302. The molecule has 0 spiro atoms. The third-order valence-electron chi connectivity index (χ3n) is 4.93. The van der Waals surface area contributed by atoms with Gasteiger partial charge in [-0.15, -0.1) is 0 Å². The van der Waals surface area contributed by atoms with E-state index in [9.17, 15) is 0 Å². The van der Waals surface area contributed by atoms with Gasteiger partial charge in [0.05, 0.1) is 13.3 Å². The molecule has 0 radical (unpaired) electrons. The lowest BCUT2D eigenvalue weighted by Gasteiger charge is -2.25. The summed E-state index contributed by atoms with van der Waals surface area (Å²) < 4.78 is 21.8. The highest BCUT2D eigenvalue weighted by Gasteiger charge is 2.27. The Balaban J connectivity index is 1.45. The highest BCUT2D eigenvalue weighted by Crippen LogP contribution is 2.35. The van der Waals surface area contributed by atoms with E-state index in [2.05, 4.69) is 17.0 Å². The molecule has 1 unspecified atom stereocenters. The van der Waals surface area contributed by atoms with Crippen molar-refractivity contribution < 1.29 is 14.2 Å². The second-order valence-electron chi connectivity index (χ2n) is 7.30. The number of ether oxygens (including phenoxy) is 3. The molecule has 0 saturated carbocycles. The average molecular weight is 427 g/mol. The fourth-order valence-electron chi connectivity index (χ4n) is 3.47. The average Bonchev–Trinajstić information content (AvgIpc) is 3.03. The Kier molecular flexibility index (Phi) is 6.06. The molecule has 0 saturated heterocycles. The van der Waals surface area contributed by atoms with E-state index in [1.165, 1.54) is 5.56 Å². The van der Waals surface area contributed by atoms with Crippen molar-refractivity contribution in [2.24, 2.45) is 7.05 Å². The first-order valence-electron chi connectivity index (χ1n) is 9.97. The lowest BCUT2D eigenvalue weighted by Crippen LogP contribution is -2.25. The summed E-state index contributed by atoms with van der Waals surface area (Å²) in [4.78, 5) is 2.16. The summed E-state index contributed by atoms with van der Waals surface area (Å²) in [5.74, 6) is 3.12. The van der Waals surface area contributed by atoms with Crippen LogP contribution in [0, 0.1) is 4.77 Å². The summed E-state index contributed by atoms with van der Waals surface area (Å²) in [5, 5.41) is 4.73. The van der Waals surface area contributed by atoms with E-state index < -0.39 is 0 Å². The van der Waals surface area contributed by atoms with Crippen molar-refractivity contribution in [3.63, 3.8) is 0 Å². The van der Waals surface area contributed by atoms with Gasteiger partial charge in [-0.2, -0.15) is 5.10 Å². The first-order valence-corrected chi connectivity index (χ1v) is 10.4. The number of hydrogen-bond donors (Lipinski definition) is 0. The molecule has 158 valence electrons. The van der Waals surface area contributed by atoms with E-state index >= 15 is 0 Å². The maximum atomic E-state index is 6.11. The summed E-state index contributed by atoms with van der Waals surface area (Å²) in [6.07, 6.45) is -0.302. The third-order valence-corrected chi connectivity index (χ3v) is 5.42. The van der Waals surface area contributed by atoms with Crippen LogP contribution in [-0.2, 0) is 20.3 Å². The molecule has 0 N–H and O–H groups in total. The second kappa shape index (κ2) is 8.89. The molecule has 1 aromatic heterocycles. The van der Waals surface area contributed by atoms with Gasteiger partial charge in [0, 0.05) is 13.6 Å². The number of hydrogen-bond acceptors (Lipinski definition) is 6. The topological polar surface area (TPSA) is 53.7 Å². The number of para-hydroxylation sites is 2. The van der Waals surface area contributed by atoms with Crippen LogP contribution in [0.15, 0.2) is 48.5 Å². The molecule has 30 heavy (non-hydrogen) atoms. The van der Waals surface area contributed by atoms with Crippen molar-refractivity contribution in [3.8, 4) is 17.2 Å². The Morgan fingerprint density at radius 3 is 2.63 bits per heavy atom. The van der Waals surface area contributed by atoms with Gasteiger partial charge in [0.15, 0.2) is 28.2 Å². The Bertz CT molecular complexity index is 1060. The Hall–Kier alpha value is -2.84. The van der Waals surface area contributed by atoms with Crippen LogP contribution in [0.4, 0.5) is 0 Å². The normalized spacial score (nSPS) is 15.4. The minimum Gasteiger partial charge on any atom is -0.494 e. The molecule has 0 bridgehead atoms. The van der Waals surface area contributed by atoms with Gasteiger partial charge in [0.1, 0.15) is 12.4 Å². The first kappa shape index (κ1) is 20.4. The standard InChI is InChI=1S/C22H26N4O3S/c1-4-27-17-11-9-16(10-12-17)13-24(2)15-26-22(30)25(3)21(23-26)20-14-28-18-7-5-6-8-19(18)29-20/h5-12,20H,4,13-15H2,1-3H3. The zero-order chi connectivity index (χ0) is 21.1. The summed E-state index contributed by atoms with van der Waals surface area (Å²) in [6, 6.07) is 15.8. The predicted molar refractivity (Wildman–Crippen MR) is 116 cm³/mol. The molecule has 0 amide bonds. The summed E-state index contributed by atoms with van der Waals surface area (Å²) >= 11 is 5.61. The summed E-state index contributed by atoms with van der Waals surface area (Å²) in [7, 11) is 3.96. The van der Waals surface area contributed by atoms with Crippen LogP contribution < -0.4 is 14.2 Å². The maximum Gasteiger partial charge on any atom is 0.198 e. The van der Waals surface area contributed by atoms with Gasteiger partial charge in [0.25, 0.3) is 0 Å². The molecule has 1 aliphatic rings. The number of nitrogens with zero attached hydrogens (tertiary/aromatic N) is 4. The second-order valence-corrected chi connectivity index (χ2v) is 7.66. The van der Waals surface area contributed by atoms with Crippen molar-refractivity contribution in [1.82, 2.24) is 19.2 Å². The predicted octanol–water partition coefficient (Wildman–Crippen LogP) is 3.95. The van der Waals surface area contributed by atoms with Crippen LogP contribution in [0.3, 0.4) is 0 Å². The Morgan fingerprint density at radius 2 is 1.90 bits per heavy atom. The van der Waals surface area contributed by atoms with Gasteiger partial charge in [0.2, 0.25) is 0 Å². The first-order chi connectivity index (χ1) is 14.5. The van der Waals surface area contributed by atoms with Crippen molar-refractivity contribution in [2.45, 2.75) is 26.2 Å². The van der Waals surface area contributed by atoms with E-state index in [-0.39, 0.29) is 6.10 Å². The molecule has 0 fully saturated rings. The lowest BCUT2D eigenvalue weighted by atomic mass is 10.2. The lowest BCUT2D eigenvalue weighted by molar-refractivity contribution is 0.0821. The molecular weight excluding hydrogens is 400 g/mol. The van der Waals surface area contributed by atoms with Gasteiger partial charge in [-0.25, -0.2) is 4.68 Å². The molecule has 2 heterocycles. The molecule has 7 nitrogen and oxygen atoms in total. The van der Waals surface area contributed by atoms with Crippen molar-refractivity contribution in [2.75, 3.05) is 20.3 Å². The fourth-order valence-corrected chi connectivity index (χ4v) is 3.66. The van der Waals surface area contributed by atoms with Crippen LogP contribution in [0.2, 0.25) is 0 Å². The smallest absolute Gasteiger partial charge is 0.198 e. The van der Waals surface area contributed by atoms with Crippen molar-refractivity contribution >= 4 is 12.2 Å². The van der Waals surface area contributed by atoms with E-state index in [1.54, 1.807) is 0 Å². The van der Waals surface area contributed by atoms with Gasteiger partial charge in [-0.3, -0.25) is 4.90 Å². The van der Waals surface area contributed by atoms with E-state index in [0.717, 1.165) is 29.6 Å². The Labute approximate surface area is 181 Å². The van der Waals surface area contributed by atoms with E-state index in [0.29, 0.717) is 24.7 Å². The molecule has 8 heteroatoms. The molecule has 4 rings (SSSR count). The zero-order valence-electron chi connectivity index (χ0n) is 17.4. The highest BCUT2D eigenvalue weighted by atomic mass is 32.1. The number of rotatable bonds is 7. The number of aromatic nitrogens is 3. The van der Waals surface area contributed by atoms with Crippen LogP contribution in [0.1, 0.15) is 24.4 Å². The van der Waals surface area contributed by atoms with Crippen molar-refractivity contribution in [1.29, 1.82) is 0 Å². The van der Waals surface area contributed by atoms with Crippen LogP contribution in [-0.4, -0.2) is 39.5 Å². The largest absolute Gasteiger partial charge is 0.494 e. The SMILES string of the molecule is CCOc1ccc(CN(C)Cn2nc(C3COc4ccccc4O3)n(C)c2=S)cc1. The molecule has 3 aromatic rings. The van der Waals surface area contributed by atoms with Crippen molar-refractivity contribution in [3.05, 3.63) is 64.7 Å². The highest BCUT2D eigenvalue weighted by molar-refractivity contribution is 7.71. The monoisotopic (exact) mass is 426 g/mol. The molecule has 2 aromatic carbocycles. The zero-order valence-corrected chi connectivity index (χ0v) is 18.3. The quantitative estimate of drug-likeness (QED) is 0.533. The molecule has 1 aliphatic heterocycles. The van der Waals surface area contributed by atoms with Crippen LogP contribution >= 0.6 is 12.2 Å². The third kappa shape index (κ3) is 4.34. The van der Waals surface area contributed by atoms with Gasteiger partial charge >= 0.3 is 0 Å². The Morgan fingerprint density at radius 1 is 1.17 bits per heavy atom. The maximum absolute atomic E-state index is 6.11. The summed E-state index contributed by atoms with van der Waals surface area (Å²) in [6.45, 7) is 4.40. The molecular formula is C22H26N4O3S. The van der Waals surface area contributed by atoms with Gasteiger partial charge in [-0.1, -0.05) is 24.3 Å². The molecule has 0 aliphatic carbocycles. The van der Waals surface area contributed by atoms with Gasteiger partial charge in [-0.05, 0) is 56.0 Å². The van der Waals surface area contributed by atoms with Crippen LogP contribution in [0.25, 0.3) is 0 Å². The van der Waals surface area contributed by atoms with Gasteiger partial charge < -0.3 is 18.8 Å². The molecule has 1 atom stereocenters. The van der Waals surface area contributed by atoms with E-state index in [4.69, 9.17) is 31.5 Å². The van der Waals surface area contributed by atoms with Crippen LogP contribution in [0.5, 0.6) is 17.2 Å².